The second-order valence-corrected chi connectivity index (χ2v) is 22.6. The van der Waals surface area contributed by atoms with Crippen LogP contribution in [0.2, 0.25) is 36.3 Å². The molecule has 6 atom stereocenters. The Morgan fingerprint density at radius 2 is 1.33 bits per heavy atom. The maximum atomic E-state index is 11.8. The predicted molar refractivity (Wildman–Crippen MR) is 146 cm³/mol. The lowest BCUT2D eigenvalue weighted by molar-refractivity contribution is -0.273. The van der Waals surface area contributed by atoms with E-state index >= 15 is 0 Å². The predicted octanol–water partition coefficient (Wildman–Crippen LogP) is 5.66. The van der Waals surface area contributed by atoms with Gasteiger partial charge in [-0.2, -0.15) is 0 Å². The molecule has 0 saturated carbocycles. The zero-order valence-electron chi connectivity index (χ0n) is 25.1. The highest BCUT2D eigenvalue weighted by Crippen LogP contribution is 2.44. The summed E-state index contributed by atoms with van der Waals surface area (Å²) in [4.78, 5) is 23.3. The smallest absolute Gasteiger partial charge is 0.303 e. The standard InChI is InChI=1S/C26H52O8Si2/c1-17-22(33-35(11,12)25(4,5)6)21(15-20(31-19(3)28)16-30-18(2)27)32-24(29-10)23(17)34-36(13,14)26(7,8)9/h17,20-24H,15-16H2,1-14H3/t17-,20+,21-,22-,23+,24+/m0/s1. The molecule has 1 heterocycles. The maximum absolute atomic E-state index is 11.8. The van der Waals surface area contributed by atoms with Crippen LogP contribution in [0, 0.1) is 5.92 Å². The van der Waals surface area contributed by atoms with Crippen LogP contribution in [-0.2, 0) is 37.4 Å². The molecule has 0 aromatic carbocycles. The largest absolute Gasteiger partial charge is 0.462 e. The first-order valence-corrected chi connectivity index (χ1v) is 18.8. The fourth-order valence-corrected chi connectivity index (χ4v) is 6.47. The van der Waals surface area contributed by atoms with Gasteiger partial charge in [0.15, 0.2) is 22.9 Å². The SMILES string of the molecule is CO[C@@H]1O[C@@H](C[C@H](COC(C)=O)OC(C)=O)[C@@H](O[Si](C)(C)C(C)(C)C)[C@H](C)[C@H]1O[Si](C)(C)C(C)(C)C. The van der Waals surface area contributed by atoms with E-state index < -0.39 is 47.1 Å². The number of carbonyl (C=O) groups excluding carboxylic acids is 2. The Morgan fingerprint density at radius 1 is 0.861 bits per heavy atom. The molecule has 1 aliphatic heterocycles. The van der Waals surface area contributed by atoms with Crippen molar-refractivity contribution in [2.75, 3.05) is 13.7 Å². The molecule has 0 unspecified atom stereocenters. The van der Waals surface area contributed by atoms with Crippen molar-refractivity contribution in [3.05, 3.63) is 0 Å². The molecule has 0 amide bonds. The van der Waals surface area contributed by atoms with Gasteiger partial charge >= 0.3 is 11.9 Å². The summed E-state index contributed by atoms with van der Waals surface area (Å²) in [6.07, 6.45) is -2.04. The van der Waals surface area contributed by atoms with Crippen molar-refractivity contribution in [2.24, 2.45) is 5.92 Å². The van der Waals surface area contributed by atoms with E-state index in [1.54, 1.807) is 7.11 Å². The highest BCUT2D eigenvalue weighted by molar-refractivity contribution is 6.74. The molecule has 36 heavy (non-hydrogen) atoms. The molecule has 0 aromatic heterocycles. The summed E-state index contributed by atoms with van der Waals surface area (Å²) in [6.45, 7) is 26.9. The van der Waals surface area contributed by atoms with E-state index in [1.165, 1.54) is 13.8 Å². The zero-order chi connectivity index (χ0) is 28.3. The van der Waals surface area contributed by atoms with Gasteiger partial charge in [0.05, 0.1) is 12.2 Å². The van der Waals surface area contributed by atoms with Crippen LogP contribution in [0.5, 0.6) is 0 Å². The number of esters is 2. The Labute approximate surface area is 221 Å². The van der Waals surface area contributed by atoms with E-state index in [-0.39, 0.29) is 34.8 Å². The average Bonchev–Trinajstić information content (AvgIpc) is 2.68. The minimum atomic E-state index is -2.21. The van der Waals surface area contributed by atoms with Crippen LogP contribution in [0.25, 0.3) is 0 Å². The Hall–Kier alpha value is -0.786. The quantitative estimate of drug-likeness (QED) is 0.255. The summed E-state index contributed by atoms with van der Waals surface area (Å²) in [5.74, 6) is -0.930. The van der Waals surface area contributed by atoms with Gasteiger partial charge in [-0.25, -0.2) is 0 Å². The van der Waals surface area contributed by atoms with Crippen molar-refractivity contribution in [3.8, 4) is 0 Å². The minimum Gasteiger partial charge on any atom is -0.462 e. The molecule has 0 aromatic rings. The van der Waals surface area contributed by atoms with Crippen molar-refractivity contribution >= 4 is 28.6 Å². The van der Waals surface area contributed by atoms with E-state index in [2.05, 4.69) is 74.7 Å². The van der Waals surface area contributed by atoms with E-state index in [4.69, 9.17) is 27.8 Å². The molecule has 1 fully saturated rings. The molecule has 0 radical (unpaired) electrons. The van der Waals surface area contributed by atoms with Crippen molar-refractivity contribution in [2.45, 2.75) is 136 Å². The van der Waals surface area contributed by atoms with E-state index in [1.807, 2.05) is 0 Å². The van der Waals surface area contributed by atoms with Gasteiger partial charge in [-0.05, 0) is 36.3 Å². The Kier molecular flexibility index (Phi) is 11.4. The average molecular weight is 549 g/mol. The van der Waals surface area contributed by atoms with Crippen LogP contribution in [0.15, 0.2) is 0 Å². The third kappa shape index (κ3) is 8.90. The van der Waals surface area contributed by atoms with Crippen LogP contribution in [0.4, 0.5) is 0 Å². The van der Waals surface area contributed by atoms with Gasteiger partial charge in [0, 0.05) is 33.3 Å². The number of methoxy groups -OCH3 is 1. The van der Waals surface area contributed by atoms with Crippen molar-refractivity contribution in [1.29, 1.82) is 0 Å². The lowest BCUT2D eigenvalue weighted by atomic mass is 9.88. The van der Waals surface area contributed by atoms with Gasteiger partial charge < -0.3 is 27.8 Å². The molecule has 212 valence electrons. The number of hydrogen-bond donors (Lipinski definition) is 0. The van der Waals surface area contributed by atoms with Crippen LogP contribution in [0.3, 0.4) is 0 Å². The van der Waals surface area contributed by atoms with Gasteiger partial charge in [0.1, 0.15) is 18.8 Å². The Morgan fingerprint density at radius 3 is 1.72 bits per heavy atom. The topological polar surface area (TPSA) is 89.5 Å². The summed E-state index contributed by atoms with van der Waals surface area (Å²) in [7, 11) is -2.74. The number of ether oxygens (including phenoxy) is 4. The summed E-state index contributed by atoms with van der Waals surface area (Å²) >= 11 is 0. The van der Waals surface area contributed by atoms with Gasteiger partial charge in [0.2, 0.25) is 0 Å². The minimum absolute atomic E-state index is 0.0157. The second kappa shape index (κ2) is 12.4. The molecular formula is C26H52O8Si2. The van der Waals surface area contributed by atoms with E-state index in [0.717, 1.165) is 0 Å². The summed E-state index contributed by atoms with van der Waals surface area (Å²) in [6, 6.07) is 0. The maximum Gasteiger partial charge on any atom is 0.303 e. The Bertz CT molecular complexity index is 741. The molecule has 8 nitrogen and oxygen atoms in total. The molecule has 1 aliphatic rings. The molecule has 0 N–H and O–H groups in total. The van der Waals surface area contributed by atoms with Crippen LogP contribution >= 0.6 is 0 Å². The summed E-state index contributed by atoms with van der Waals surface area (Å²) < 4.78 is 36.8. The van der Waals surface area contributed by atoms with Crippen molar-refractivity contribution in [3.63, 3.8) is 0 Å². The van der Waals surface area contributed by atoms with Crippen molar-refractivity contribution < 1.29 is 37.4 Å². The third-order valence-electron chi connectivity index (χ3n) is 7.99. The molecule has 0 aliphatic carbocycles. The van der Waals surface area contributed by atoms with Crippen LogP contribution < -0.4 is 0 Å². The number of carbonyl (C=O) groups is 2. The number of hydrogen-bond acceptors (Lipinski definition) is 8. The first-order chi connectivity index (χ1) is 16.1. The second-order valence-electron chi connectivity index (χ2n) is 13.1. The van der Waals surface area contributed by atoms with Crippen molar-refractivity contribution in [1.82, 2.24) is 0 Å². The van der Waals surface area contributed by atoms with Gasteiger partial charge in [-0.15, -0.1) is 0 Å². The van der Waals surface area contributed by atoms with E-state index in [9.17, 15) is 9.59 Å². The zero-order valence-corrected chi connectivity index (χ0v) is 27.1. The van der Waals surface area contributed by atoms with E-state index in [0.29, 0.717) is 6.42 Å². The third-order valence-corrected chi connectivity index (χ3v) is 16.9. The normalized spacial score (nSPS) is 26.9. The molecule has 0 spiro atoms. The lowest BCUT2D eigenvalue weighted by Gasteiger charge is -2.52. The van der Waals surface area contributed by atoms with Gasteiger partial charge in [-0.3, -0.25) is 9.59 Å². The van der Waals surface area contributed by atoms with Gasteiger partial charge in [0.25, 0.3) is 0 Å². The fraction of sp³-hybridized carbons (Fsp3) is 0.923. The monoisotopic (exact) mass is 548 g/mol. The molecule has 1 saturated heterocycles. The first kappa shape index (κ1) is 33.2. The highest BCUT2D eigenvalue weighted by Gasteiger charge is 2.52. The first-order valence-electron chi connectivity index (χ1n) is 13.0. The van der Waals surface area contributed by atoms with Crippen LogP contribution in [0.1, 0.15) is 68.7 Å². The van der Waals surface area contributed by atoms with Gasteiger partial charge in [-0.1, -0.05) is 48.5 Å². The molecular weight excluding hydrogens is 496 g/mol. The molecule has 1 rings (SSSR count). The highest BCUT2D eigenvalue weighted by atomic mass is 28.4. The summed E-state index contributed by atoms with van der Waals surface area (Å²) in [5.41, 5.74) is 0. The molecule has 0 bridgehead atoms. The Balaban J connectivity index is 3.41. The summed E-state index contributed by atoms with van der Waals surface area (Å²) in [5, 5.41) is 0.000280. The lowest BCUT2D eigenvalue weighted by Crippen LogP contribution is -2.62. The fourth-order valence-electron chi connectivity index (χ4n) is 3.71. The number of rotatable bonds is 10. The van der Waals surface area contributed by atoms with Crippen LogP contribution in [-0.4, -0.2) is 73.0 Å². The molecule has 10 heteroatoms.